The molecule has 7 nitrogen and oxygen atoms in total. The van der Waals surface area contributed by atoms with Gasteiger partial charge in [-0.15, -0.1) is 0 Å². The highest BCUT2D eigenvalue weighted by atomic mass is 16.5. The second kappa shape index (κ2) is 7.28. The Balaban J connectivity index is 2.82. The molecule has 2 N–H and O–H groups in total. The Morgan fingerprint density at radius 2 is 2.00 bits per heavy atom. The van der Waals surface area contributed by atoms with Crippen LogP contribution in [-0.2, 0) is 9.53 Å². The molecule has 0 fully saturated rings. The summed E-state index contributed by atoms with van der Waals surface area (Å²) in [4.78, 5) is 35.6. The molecule has 0 spiro atoms. The molecule has 0 radical (unpaired) electrons. The number of benzene rings is 1. The number of carboxylic acids is 1. The van der Waals surface area contributed by atoms with E-state index in [1.165, 1.54) is 13.1 Å². The fourth-order valence-electron chi connectivity index (χ4n) is 1.74. The van der Waals surface area contributed by atoms with E-state index in [9.17, 15) is 19.5 Å². The van der Waals surface area contributed by atoms with Crippen molar-refractivity contribution in [1.82, 2.24) is 4.90 Å². The number of anilines is 1. The lowest BCUT2D eigenvalue weighted by Gasteiger charge is -2.18. The average molecular weight is 294 g/mol. The summed E-state index contributed by atoms with van der Waals surface area (Å²) < 4.78 is 4.74. The molecule has 0 aromatic heterocycles. The van der Waals surface area contributed by atoms with Crippen LogP contribution >= 0.6 is 0 Å². The van der Waals surface area contributed by atoms with Crippen LogP contribution in [0.5, 0.6) is 0 Å². The number of likely N-dealkylation sites (N-methyl/N-ethyl adjacent to an activating group) is 1. The molecule has 0 aliphatic heterocycles. The molecule has 0 saturated carbocycles. The standard InChI is InChI=1S/C14H18N2O5/c1-4-21-11(17)8-16(3)14(20)15-10-7-5-6-9(2)12(10)13(18)19/h5-7H,4,8H2,1-3H3,(H,15,20)(H,18,19). The maximum Gasteiger partial charge on any atom is 0.338 e. The van der Waals surface area contributed by atoms with Gasteiger partial charge in [0, 0.05) is 7.05 Å². The van der Waals surface area contributed by atoms with Gasteiger partial charge in [0.05, 0.1) is 17.9 Å². The van der Waals surface area contributed by atoms with Gasteiger partial charge in [-0.25, -0.2) is 9.59 Å². The third kappa shape index (κ3) is 4.48. The molecule has 1 rings (SSSR count). The zero-order valence-electron chi connectivity index (χ0n) is 12.2. The van der Waals surface area contributed by atoms with Crippen LogP contribution in [0.15, 0.2) is 18.2 Å². The van der Waals surface area contributed by atoms with E-state index in [0.717, 1.165) is 4.90 Å². The molecule has 0 saturated heterocycles. The second-order valence-corrected chi connectivity index (χ2v) is 4.39. The van der Waals surface area contributed by atoms with Crippen molar-refractivity contribution in [2.24, 2.45) is 0 Å². The smallest absolute Gasteiger partial charge is 0.338 e. The first-order chi connectivity index (χ1) is 9.86. The minimum absolute atomic E-state index is 0.0235. The van der Waals surface area contributed by atoms with Crippen molar-refractivity contribution in [2.75, 3.05) is 25.5 Å². The summed E-state index contributed by atoms with van der Waals surface area (Å²) in [6.07, 6.45) is 0. The summed E-state index contributed by atoms with van der Waals surface area (Å²) >= 11 is 0. The summed E-state index contributed by atoms with van der Waals surface area (Å²) in [5, 5.41) is 11.7. The van der Waals surface area contributed by atoms with E-state index in [1.54, 1.807) is 26.0 Å². The number of esters is 1. The number of ether oxygens (including phenoxy) is 1. The van der Waals surface area contributed by atoms with Crippen LogP contribution in [0.1, 0.15) is 22.8 Å². The first kappa shape index (κ1) is 16.5. The van der Waals surface area contributed by atoms with Gasteiger partial charge in [0.15, 0.2) is 0 Å². The summed E-state index contributed by atoms with van der Waals surface area (Å²) in [6.45, 7) is 3.33. The number of nitrogens with zero attached hydrogens (tertiary/aromatic N) is 1. The van der Waals surface area contributed by atoms with Gasteiger partial charge in [0.1, 0.15) is 6.54 Å². The van der Waals surface area contributed by atoms with Gasteiger partial charge in [0.2, 0.25) is 0 Å². The Labute approximate surface area is 122 Å². The topological polar surface area (TPSA) is 95.9 Å². The van der Waals surface area contributed by atoms with Crippen LogP contribution in [0.2, 0.25) is 0 Å². The van der Waals surface area contributed by atoms with Gasteiger partial charge >= 0.3 is 18.0 Å². The van der Waals surface area contributed by atoms with Crippen molar-refractivity contribution < 1.29 is 24.2 Å². The first-order valence-electron chi connectivity index (χ1n) is 6.37. The normalized spacial score (nSPS) is 9.86. The molecular formula is C14H18N2O5. The van der Waals surface area contributed by atoms with Crippen LogP contribution in [0, 0.1) is 6.92 Å². The predicted molar refractivity (Wildman–Crippen MR) is 76.4 cm³/mol. The van der Waals surface area contributed by atoms with Crippen LogP contribution in [0.25, 0.3) is 0 Å². The monoisotopic (exact) mass is 294 g/mol. The highest BCUT2D eigenvalue weighted by Gasteiger charge is 2.18. The lowest BCUT2D eigenvalue weighted by atomic mass is 10.1. The summed E-state index contributed by atoms with van der Waals surface area (Å²) in [5.41, 5.74) is 0.743. The second-order valence-electron chi connectivity index (χ2n) is 4.39. The average Bonchev–Trinajstić information content (AvgIpc) is 2.38. The lowest BCUT2D eigenvalue weighted by molar-refractivity contribution is -0.143. The molecule has 1 aromatic carbocycles. The van der Waals surface area contributed by atoms with Crippen molar-refractivity contribution in [1.29, 1.82) is 0 Å². The van der Waals surface area contributed by atoms with Crippen molar-refractivity contribution in [2.45, 2.75) is 13.8 Å². The number of carboxylic acid groups (broad SMARTS) is 1. The molecule has 21 heavy (non-hydrogen) atoms. The largest absolute Gasteiger partial charge is 0.478 e. The zero-order valence-corrected chi connectivity index (χ0v) is 12.2. The van der Waals surface area contributed by atoms with Crippen molar-refractivity contribution in [3.63, 3.8) is 0 Å². The number of nitrogens with one attached hydrogen (secondary N) is 1. The number of aryl methyl sites for hydroxylation is 1. The molecule has 0 heterocycles. The Bertz CT molecular complexity index is 556. The van der Waals surface area contributed by atoms with Crippen molar-refractivity contribution >= 4 is 23.7 Å². The molecule has 0 unspecified atom stereocenters. The Morgan fingerprint density at radius 1 is 1.33 bits per heavy atom. The van der Waals surface area contributed by atoms with E-state index in [4.69, 9.17) is 4.74 Å². The van der Waals surface area contributed by atoms with E-state index in [2.05, 4.69) is 5.32 Å². The molecule has 114 valence electrons. The fraction of sp³-hybridized carbons (Fsp3) is 0.357. The molecule has 2 amide bonds. The van der Waals surface area contributed by atoms with E-state index in [0.29, 0.717) is 5.56 Å². The Kier molecular flexibility index (Phi) is 5.71. The molecule has 1 aromatic rings. The zero-order chi connectivity index (χ0) is 16.0. The lowest BCUT2D eigenvalue weighted by Crippen LogP contribution is -2.36. The van der Waals surface area contributed by atoms with E-state index < -0.39 is 18.0 Å². The maximum absolute atomic E-state index is 12.0. The first-order valence-corrected chi connectivity index (χ1v) is 6.37. The minimum Gasteiger partial charge on any atom is -0.478 e. The van der Waals surface area contributed by atoms with Crippen LogP contribution < -0.4 is 5.32 Å². The van der Waals surface area contributed by atoms with Crippen LogP contribution in [-0.4, -0.2) is 48.2 Å². The number of rotatable bonds is 5. The number of amides is 2. The third-order valence-corrected chi connectivity index (χ3v) is 2.75. The molecule has 0 atom stereocenters. The molecule has 7 heteroatoms. The molecule has 0 bridgehead atoms. The summed E-state index contributed by atoms with van der Waals surface area (Å²) in [6, 6.07) is 4.19. The maximum atomic E-state index is 12.0. The third-order valence-electron chi connectivity index (χ3n) is 2.75. The van der Waals surface area contributed by atoms with Crippen LogP contribution in [0.4, 0.5) is 10.5 Å². The summed E-state index contributed by atoms with van der Waals surface area (Å²) in [5.74, 6) is -1.66. The summed E-state index contributed by atoms with van der Waals surface area (Å²) in [7, 11) is 1.42. The van der Waals surface area contributed by atoms with E-state index >= 15 is 0 Å². The number of aromatic carboxylic acids is 1. The van der Waals surface area contributed by atoms with E-state index in [-0.39, 0.29) is 24.4 Å². The number of hydrogen-bond donors (Lipinski definition) is 2. The Hall–Kier alpha value is -2.57. The number of urea groups is 1. The van der Waals surface area contributed by atoms with Gasteiger partial charge in [-0.3, -0.25) is 4.79 Å². The van der Waals surface area contributed by atoms with Gasteiger partial charge in [-0.2, -0.15) is 0 Å². The van der Waals surface area contributed by atoms with Crippen LogP contribution in [0.3, 0.4) is 0 Å². The number of carbonyl (C=O) groups excluding carboxylic acids is 2. The highest BCUT2D eigenvalue weighted by molar-refractivity contribution is 6.01. The number of hydrogen-bond acceptors (Lipinski definition) is 4. The minimum atomic E-state index is -1.13. The predicted octanol–water partition coefficient (Wildman–Crippen LogP) is 1.72. The van der Waals surface area contributed by atoms with Gasteiger partial charge in [-0.05, 0) is 25.5 Å². The highest BCUT2D eigenvalue weighted by Crippen LogP contribution is 2.19. The van der Waals surface area contributed by atoms with Gasteiger partial charge in [0.25, 0.3) is 0 Å². The van der Waals surface area contributed by atoms with E-state index in [1.807, 2.05) is 0 Å². The molecular weight excluding hydrogens is 276 g/mol. The van der Waals surface area contributed by atoms with Gasteiger partial charge < -0.3 is 20.1 Å². The Morgan fingerprint density at radius 3 is 2.57 bits per heavy atom. The number of carbonyl (C=O) groups is 3. The molecule has 0 aliphatic rings. The fourth-order valence-corrected chi connectivity index (χ4v) is 1.74. The van der Waals surface area contributed by atoms with Crippen molar-refractivity contribution in [3.8, 4) is 0 Å². The van der Waals surface area contributed by atoms with Crippen molar-refractivity contribution in [3.05, 3.63) is 29.3 Å². The van der Waals surface area contributed by atoms with Gasteiger partial charge in [-0.1, -0.05) is 12.1 Å². The molecule has 0 aliphatic carbocycles. The quantitative estimate of drug-likeness (QED) is 0.806. The SMILES string of the molecule is CCOC(=O)CN(C)C(=O)Nc1cccc(C)c1C(=O)O.